The fourth-order valence-corrected chi connectivity index (χ4v) is 3.20. The van der Waals surface area contributed by atoms with Gasteiger partial charge in [-0.05, 0) is 35.4 Å². The van der Waals surface area contributed by atoms with Gasteiger partial charge in [-0.25, -0.2) is 4.68 Å². The fraction of sp³-hybridized carbons (Fsp3) is 0.429. The molecule has 1 amide bonds. The van der Waals surface area contributed by atoms with Crippen molar-refractivity contribution < 1.29 is 4.79 Å². The van der Waals surface area contributed by atoms with Crippen LogP contribution in [0.15, 0.2) is 17.3 Å². The zero-order valence-corrected chi connectivity index (χ0v) is 16.3. The molecule has 0 spiro atoms. The molecule has 1 aromatic heterocycles. The Bertz CT molecular complexity index is 737. The molecular weight excluding hydrogens is 393 g/mol. The summed E-state index contributed by atoms with van der Waals surface area (Å²) in [4.78, 5) is 12.4. The van der Waals surface area contributed by atoms with Gasteiger partial charge < -0.3 is 5.32 Å². The van der Waals surface area contributed by atoms with Crippen LogP contribution in [0.5, 0.6) is 0 Å². The Kier molecular flexibility index (Phi) is 6.74. The minimum atomic E-state index is -0.424. The normalized spacial score (nSPS) is 12.5. The first-order valence-electron chi connectivity index (χ1n) is 7.16. The average Bonchev–Trinajstić information content (AvgIpc) is 2.90. The SMILES string of the molecule is CC(C)Cn1nnnc1SC(C)C(=O)Nc1cc(Cl)c(Cl)cc1Cl. The highest BCUT2D eigenvalue weighted by Crippen LogP contribution is 2.33. The van der Waals surface area contributed by atoms with Crippen molar-refractivity contribution in [1.29, 1.82) is 0 Å². The van der Waals surface area contributed by atoms with Gasteiger partial charge in [-0.3, -0.25) is 4.79 Å². The van der Waals surface area contributed by atoms with Crippen LogP contribution in [-0.4, -0.2) is 31.4 Å². The van der Waals surface area contributed by atoms with Gasteiger partial charge in [-0.1, -0.05) is 60.4 Å². The van der Waals surface area contributed by atoms with Crippen LogP contribution >= 0.6 is 46.6 Å². The quantitative estimate of drug-likeness (QED) is 0.566. The van der Waals surface area contributed by atoms with E-state index in [-0.39, 0.29) is 5.91 Å². The highest BCUT2D eigenvalue weighted by atomic mass is 35.5. The zero-order chi connectivity index (χ0) is 17.9. The summed E-state index contributed by atoms with van der Waals surface area (Å²) < 4.78 is 1.69. The van der Waals surface area contributed by atoms with Crippen molar-refractivity contribution in [3.8, 4) is 0 Å². The molecule has 2 rings (SSSR count). The van der Waals surface area contributed by atoms with Crippen molar-refractivity contribution in [1.82, 2.24) is 20.2 Å². The first kappa shape index (κ1) is 19.3. The number of rotatable bonds is 6. The first-order chi connectivity index (χ1) is 11.3. The van der Waals surface area contributed by atoms with E-state index in [0.717, 1.165) is 0 Å². The molecule has 0 bridgehead atoms. The van der Waals surface area contributed by atoms with E-state index in [9.17, 15) is 4.79 Å². The van der Waals surface area contributed by atoms with E-state index in [4.69, 9.17) is 34.8 Å². The van der Waals surface area contributed by atoms with Gasteiger partial charge in [0.25, 0.3) is 0 Å². The van der Waals surface area contributed by atoms with Gasteiger partial charge in [0.15, 0.2) is 0 Å². The lowest BCUT2D eigenvalue weighted by Crippen LogP contribution is -2.23. The summed E-state index contributed by atoms with van der Waals surface area (Å²) in [6.07, 6.45) is 0. The van der Waals surface area contributed by atoms with Gasteiger partial charge in [0.05, 0.1) is 26.0 Å². The molecule has 0 radical (unpaired) electrons. The molecule has 1 atom stereocenters. The largest absolute Gasteiger partial charge is 0.324 e. The molecule has 0 aliphatic carbocycles. The number of anilines is 1. The third-order valence-corrected chi connectivity index (χ3v) is 5.06. The van der Waals surface area contributed by atoms with E-state index < -0.39 is 5.25 Å². The number of halogens is 3. The fourth-order valence-electron chi connectivity index (χ4n) is 1.81. The molecule has 1 heterocycles. The Balaban J connectivity index is 2.05. The van der Waals surface area contributed by atoms with Crippen LogP contribution in [0, 0.1) is 5.92 Å². The van der Waals surface area contributed by atoms with Crippen LogP contribution < -0.4 is 5.32 Å². The van der Waals surface area contributed by atoms with E-state index in [1.807, 2.05) is 0 Å². The first-order valence-corrected chi connectivity index (χ1v) is 9.17. The van der Waals surface area contributed by atoms with Crippen LogP contribution in [0.1, 0.15) is 20.8 Å². The second-order valence-electron chi connectivity index (χ2n) is 5.53. The van der Waals surface area contributed by atoms with Gasteiger partial charge in [0.2, 0.25) is 11.1 Å². The molecule has 0 aliphatic rings. The van der Waals surface area contributed by atoms with Gasteiger partial charge in [-0.15, -0.1) is 5.10 Å². The minimum Gasteiger partial charge on any atom is -0.324 e. The Labute approximate surface area is 159 Å². The lowest BCUT2D eigenvalue weighted by Gasteiger charge is -2.13. The number of hydrogen-bond donors (Lipinski definition) is 1. The maximum absolute atomic E-state index is 12.4. The predicted octanol–water partition coefficient (Wildman–Crippen LogP) is 4.41. The molecule has 1 unspecified atom stereocenters. The molecule has 0 aliphatic heterocycles. The van der Waals surface area contributed by atoms with Crippen LogP contribution in [0.3, 0.4) is 0 Å². The topological polar surface area (TPSA) is 72.7 Å². The molecule has 1 aromatic carbocycles. The van der Waals surface area contributed by atoms with E-state index in [0.29, 0.717) is 38.4 Å². The van der Waals surface area contributed by atoms with E-state index in [1.165, 1.54) is 23.9 Å². The van der Waals surface area contributed by atoms with Crippen molar-refractivity contribution in [3.05, 3.63) is 27.2 Å². The molecule has 0 saturated heterocycles. The van der Waals surface area contributed by atoms with Crippen molar-refractivity contribution in [2.45, 2.75) is 37.7 Å². The molecular formula is C14H16Cl3N5OS. The Morgan fingerprint density at radius 1 is 1.21 bits per heavy atom. The van der Waals surface area contributed by atoms with Crippen molar-refractivity contribution in [3.63, 3.8) is 0 Å². The van der Waals surface area contributed by atoms with Gasteiger partial charge in [0, 0.05) is 6.54 Å². The number of carbonyl (C=O) groups is 1. The number of aromatic nitrogens is 4. The van der Waals surface area contributed by atoms with Crippen molar-refractivity contribution >= 4 is 58.2 Å². The second kappa shape index (κ2) is 8.38. The smallest absolute Gasteiger partial charge is 0.237 e. The molecule has 1 N–H and O–H groups in total. The molecule has 24 heavy (non-hydrogen) atoms. The lowest BCUT2D eigenvalue weighted by molar-refractivity contribution is -0.115. The van der Waals surface area contributed by atoms with Crippen LogP contribution in [-0.2, 0) is 11.3 Å². The Hall–Kier alpha value is -1.02. The maximum atomic E-state index is 12.4. The predicted molar refractivity (Wildman–Crippen MR) is 98.1 cm³/mol. The average molecular weight is 409 g/mol. The lowest BCUT2D eigenvalue weighted by atomic mass is 10.2. The summed E-state index contributed by atoms with van der Waals surface area (Å²) in [7, 11) is 0. The number of amides is 1. The molecule has 0 saturated carbocycles. The third kappa shape index (κ3) is 4.99. The molecule has 130 valence electrons. The molecule has 6 nitrogen and oxygen atoms in total. The van der Waals surface area contributed by atoms with Crippen LogP contribution in [0.4, 0.5) is 5.69 Å². The Morgan fingerprint density at radius 3 is 2.54 bits per heavy atom. The van der Waals surface area contributed by atoms with Gasteiger partial charge in [0.1, 0.15) is 0 Å². The zero-order valence-electron chi connectivity index (χ0n) is 13.3. The standard InChI is InChI=1S/C14H16Cl3N5OS/c1-7(2)6-22-14(19-20-21-22)24-8(3)13(23)18-12-5-10(16)9(15)4-11(12)17/h4-5,7-8H,6H2,1-3H3,(H,18,23). The highest BCUT2D eigenvalue weighted by molar-refractivity contribution is 8.00. The maximum Gasteiger partial charge on any atom is 0.237 e. The number of benzene rings is 1. The number of tetrazole rings is 1. The van der Waals surface area contributed by atoms with Crippen LogP contribution in [0.25, 0.3) is 0 Å². The van der Waals surface area contributed by atoms with Gasteiger partial charge >= 0.3 is 0 Å². The minimum absolute atomic E-state index is 0.237. The number of nitrogens with one attached hydrogen (secondary N) is 1. The summed E-state index contributed by atoms with van der Waals surface area (Å²) in [5.41, 5.74) is 0.408. The number of hydrogen-bond acceptors (Lipinski definition) is 5. The summed E-state index contributed by atoms with van der Waals surface area (Å²) in [5.74, 6) is 0.159. The van der Waals surface area contributed by atoms with Crippen LogP contribution in [0.2, 0.25) is 15.1 Å². The summed E-state index contributed by atoms with van der Waals surface area (Å²) in [6.45, 7) is 6.58. The number of carbonyl (C=O) groups excluding carboxylic acids is 1. The number of thioether (sulfide) groups is 1. The summed E-state index contributed by atoms with van der Waals surface area (Å²) >= 11 is 19.2. The van der Waals surface area contributed by atoms with Crippen molar-refractivity contribution in [2.75, 3.05) is 5.32 Å². The molecule has 0 fully saturated rings. The second-order valence-corrected chi connectivity index (χ2v) is 8.06. The molecule has 10 heteroatoms. The monoisotopic (exact) mass is 407 g/mol. The summed E-state index contributed by atoms with van der Waals surface area (Å²) in [6, 6.07) is 3.01. The summed E-state index contributed by atoms with van der Waals surface area (Å²) in [5, 5.41) is 15.4. The third-order valence-electron chi connectivity index (χ3n) is 2.96. The van der Waals surface area contributed by atoms with E-state index in [1.54, 1.807) is 11.6 Å². The van der Waals surface area contributed by atoms with Crippen molar-refractivity contribution in [2.24, 2.45) is 5.92 Å². The highest BCUT2D eigenvalue weighted by Gasteiger charge is 2.20. The van der Waals surface area contributed by atoms with Gasteiger partial charge in [-0.2, -0.15) is 0 Å². The van der Waals surface area contributed by atoms with E-state index in [2.05, 4.69) is 34.7 Å². The van der Waals surface area contributed by atoms with E-state index >= 15 is 0 Å². The number of nitrogens with zero attached hydrogens (tertiary/aromatic N) is 4. The Morgan fingerprint density at radius 2 is 1.88 bits per heavy atom. The molecule has 2 aromatic rings.